The fourth-order valence-electron chi connectivity index (χ4n) is 7.52. The third-order valence-corrected chi connectivity index (χ3v) is 9.14. The normalized spacial score (nSPS) is 31.9. The molecule has 1 spiro atoms. The van der Waals surface area contributed by atoms with Gasteiger partial charge in [-0.15, -0.1) is 6.58 Å². The molecule has 2 N–H and O–H groups in total. The molecule has 190 valence electrons. The number of aromatic hydroxyl groups is 1. The van der Waals surface area contributed by atoms with Gasteiger partial charge in [0.15, 0.2) is 23.1 Å². The highest BCUT2D eigenvalue weighted by atomic mass is 19.2. The van der Waals surface area contributed by atoms with Crippen LogP contribution >= 0.6 is 0 Å². The van der Waals surface area contributed by atoms with Crippen molar-refractivity contribution in [3.05, 3.63) is 71.3 Å². The first-order valence-electron chi connectivity index (χ1n) is 12.5. The summed E-state index contributed by atoms with van der Waals surface area (Å²) < 4.78 is 33.6. The number of carbonyl (C=O) groups excluding carboxylic acids is 1. The van der Waals surface area contributed by atoms with Crippen molar-refractivity contribution in [2.75, 3.05) is 20.1 Å². The van der Waals surface area contributed by atoms with E-state index in [1.807, 2.05) is 12.1 Å². The summed E-state index contributed by atoms with van der Waals surface area (Å²) >= 11 is 0. The number of hydrogen-bond donors (Lipinski definition) is 2. The van der Waals surface area contributed by atoms with E-state index in [1.165, 1.54) is 6.07 Å². The zero-order valence-electron chi connectivity index (χ0n) is 20.2. The Kier molecular flexibility index (Phi) is 5.22. The van der Waals surface area contributed by atoms with Crippen LogP contribution in [0.3, 0.4) is 0 Å². The monoisotopic (exact) mass is 496 g/mol. The summed E-state index contributed by atoms with van der Waals surface area (Å²) in [7, 11) is 1.70. The molecule has 2 bridgehead atoms. The summed E-state index contributed by atoms with van der Waals surface area (Å²) in [6.07, 6.45) is 3.53. The highest BCUT2D eigenvalue weighted by Gasteiger charge is 2.73. The van der Waals surface area contributed by atoms with Gasteiger partial charge in [-0.25, -0.2) is 8.78 Å². The van der Waals surface area contributed by atoms with Crippen molar-refractivity contribution in [3.8, 4) is 11.5 Å². The second-order valence-electron chi connectivity index (χ2n) is 10.7. The van der Waals surface area contributed by atoms with Crippen molar-refractivity contribution in [1.29, 1.82) is 0 Å². The molecule has 2 fully saturated rings. The highest BCUT2D eigenvalue weighted by Crippen LogP contribution is 2.65. The van der Waals surface area contributed by atoms with Crippen molar-refractivity contribution in [1.82, 2.24) is 9.80 Å². The lowest BCUT2D eigenvalue weighted by atomic mass is 9.48. The van der Waals surface area contributed by atoms with Crippen LogP contribution in [0.25, 0.3) is 0 Å². The number of likely N-dealkylation sites (tertiary alicyclic amines) is 1. The number of ether oxygens (including phenoxy) is 1. The molecular formula is C28H30F2N2O4. The third kappa shape index (κ3) is 2.97. The van der Waals surface area contributed by atoms with E-state index < -0.39 is 28.8 Å². The highest BCUT2D eigenvalue weighted by molar-refractivity contribution is 5.79. The maximum Gasteiger partial charge on any atom is 0.227 e. The van der Waals surface area contributed by atoms with E-state index in [-0.39, 0.29) is 30.2 Å². The molecule has 2 aliphatic heterocycles. The van der Waals surface area contributed by atoms with Crippen molar-refractivity contribution >= 4 is 5.91 Å². The number of benzene rings is 2. The molecule has 6 nitrogen and oxygen atoms in total. The van der Waals surface area contributed by atoms with Crippen LogP contribution in [0, 0.1) is 11.6 Å². The zero-order chi connectivity index (χ0) is 25.4. The van der Waals surface area contributed by atoms with Crippen LogP contribution in [0.5, 0.6) is 11.5 Å². The summed E-state index contributed by atoms with van der Waals surface area (Å²) in [4.78, 5) is 17.2. The Balaban J connectivity index is 1.38. The van der Waals surface area contributed by atoms with Crippen LogP contribution in [0.2, 0.25) is 0 Å². The van der Waals surface area contributed by atoms with E-state index in [2.05, 4.69) is 11.5 Å². The number of nitrogens with zero attached hydrogens (tertiary/aromatic N) is 2. The first-order chi connectivity index (χ1) is 17.2. The maximum atomic E-state index is 13.7. The number of phenols is 1. The molecule has 1 amide bonds. The summed E-state index contributed by atoms with van der Waals surface area (Å²) in [5.74, 6) is -1.72. The maximum absolute atomic E-state index is 13.7. The topological polar surface area (TPSA) is 73.2 Å². The van der Waals surface area contributed by atoms with Gasteiger partial charge in [0.25, 0.3) is 0 Å². The summed E-state index contributed by atoms with van der Waals surface area (Å²) in [6.45, 7) is 5.31. The number of carbonyl (C=O) groups is 1. The molecule has 2 aromatic carbocycles. The molecule has 2 aromatic rings. The van der Waals surface area contributed by atoms with E-state index in [0.29, 0.717) is 43.5 Å². The molecule has 8 heteroatoms. The number of rotatable bonds is 5. The molecule has 1 saturated heterocycles. The third-order valence-electron chi connectivity index (χ3n) is 9.14. The Labute approximate surface area is 208 Å². The Hall–Kier alpha value is -2.97. The van der Waals surface area contributed by atoms with E-state index >= 15 is 0 Å². The molecule has 2 unspecified atom stereocenters. The van der Waals surface area contributed by atoms with Gasteiger partial charge in [-0.05, 0) is 61.6 Å². The van der Waals surface area contributed by atoms with Gasteiger partial charge in [-0.3, -0.25) is 9.69 Å². The predicted octanol–water partition coefficient (Wildman–Crippen LogP) is 3.08. The lowest BCUT2D eigenvalue weighted by Gasteiger charge is -2.64. The summed E-state index contributed by atoms with van der Waals surface area (Å²) in [6, 6.07) is 6.58. The largest absolute Gasteiger partial charge is 0.504 e. The molecular weight excluding hydrogens is 466 g/mol. The van der Waals surface area contributed by atoms with Gasteiger partial charge in [0, 0.05) is 25.2 Å². The fraction of sp³-hybridized carbons (Fsp3) is 0.464. The number of likely N-dealkylation sites (N-methyl/N-ethyl adjacent to an activating group) is 1. The second-order valence-corrected chi connectivity index (χ2v) is 10.7. The van der Waals surface area contributed by atoms with Gasteiger partial charge in [0.1, 0.15) is 6.10 Å². The molecule has 1 saturated carbocycles. The van der Waals surface area contributed by atoms with Crippen LogP contribution in [-0.2, 0) is 23.1 Å². The number of amides is 1. The van der Waals surface area contributed by atoms with Crippen molar-refractivity contribution in [3.63, 3.8) is 0 Å². The number of aliphatic hydroxyl groups is 1. The van der Waals surface area contributed by atoms with E-state index in [1.54, 1.807) is 18.0 Å². The number of halogens is 2. The number of hydrogen-bond acceptors (Lipinski definition) is 5. The Bertz CT molecular complexity index is 1270. The lowest BCUT2D eigenvalue weighted by Crippen LogP contribution is -2.78. The standard InChI is InChI=1S/C28H30F2N2O4/c1-3-11-32-12-10-27-24-17-5-7-21(33)25(24)36-26(27)20(8-9-28(27,35)22(32)15-17)31(2)23(34)14-16-4-6-18(29)19(30)13-16/h3-7,13,20,22,26,33,35H,1,8-12,14-15H2,2H3/t20?,22-,26?,27+,28-/m1/s1. The average Bonchev–Trinajstić information content (AvgIpc) is 3.20. The van der Waals surface area contributed by atoms with Crippen molar-refractivity contribution in [2.45, 2.75) is 61.3 Å². The van der Waals surface area contributed by atoms with Crippen LogP contribution < -0.4 is 4.74 Å². The molecule has 4 aliphatic rings. The minimum Gasteiger partial charge on any atom is -0.504 e. The van der Waals surface area contributed by atoms with E-state index in [4.69, 9.17) is 4.74 Å². The Morgan fingerprint density at radius 3 is 2.83 bits per heavy atom. The Morgan fingerprint density at radius 2 is 2.08 bits per heavy atom. The van der Waals surface area contributed by atoms with E-state index in [0.717, 1.165) is 29.8 Å². The van der Waals surface area contributed by atoms with Gasteiger partial charge in [-0.1, -0.05) is 18.2 Å². The molecule has 6 rings (SSSR count). The minimum absolute atomic E-state index is 0.0429. The van der Waals surface area contributed by atoms with Gasteiger partial charge in [0.2, 0.25) is 5.91 Å². The number of piperidine rings is 1. The minimum atomic E-state index is -1.08. The van der Waals surface area contributed by atoms with Crippen LogP contribution in [0.15, 0.2) is 43.0 Å². The molecule has 2 heterocycles. The van der Waals surface area contributed by atoms with E-state index in [9.17, 15) is 23.8 Å². The van der Waals surface area contributed by atoms with Crippen LogP contribution in [0.4, 0.5) is 8.78 Å². The molecule has 36 heavy (non-hydrogen) atoms. The zero-order valence-corrected chi connectivity index (χ0v) is 20.2. The predicted molar refractivity (Wildman–Crippen MR) is 129 cm³/mol. The molecule has 2 aliphatic carbocycles. The van der Waals surface area contributed by atoms with Crippen LogP contribution in [0.1, 0.15) is 36.0 Å². The van der Waals surface area contributed by atoms with Gasteiger partial charge < -0.3 is 19.8 Å². The molecule has 5 atom stereocenters. The first kappa shape index (κ1) is 23.4. The first-order valence-corrected chi connectivity index (χ1v) is 12.5. The average molecular weight is 497 g/mol. The van der Waals surface area contributed by atoms with Gasteiger partial charge in [-0.2, -0.15) is 0 Å². The second kappa shape index (κ2) is 8.02. The smallest absolute Gasteiger partial charge is 0.227 e. The summed E-state index contributed by atoms with van der Waals surface area (Å²) in [5.41, 5.74) is 0.505. The lowest BCUT2D eigenvalue weighted by molar-refractivity contribution is -0.198. The Morgan fingerprint density at radius 1 is 1.28 bits per heavy atom. The van der Waals surface area contributed by atoms with Gasteiger partial charge >= 0.3 is 0 Å². The molecule has 0 radical (unpaired) electrons. The summed E-state index contributed by atoms with van der Waals surface area (Å²) in [5, 5.41) is 23.1. The van der Waals surface area contributed by atoms with Crippen LogP contribution in [-0.4, -0.2) is 69.8 Å². The fourth-order valence-corrected chi connectivity index (χ4v) is 7.52. The van der Waals surface area contributed by atoms with Crippen molar-refractivity contribution < 1.29 is 28.5 Å². The SMILES string of the molecule is C=CCN1CC[C@]23c4c5ccc(O)c4OC2C(N(C)C(=O)Cc2ccc(F)c(F)c2)CC[C@@]3(O)[C@H]1C5. The quantitative estimate of drug-likeness (QED) is 0.623. The number of phenolic OH excluding ortho intramolecular Hbond substituents is 1. The van der Waals surface area contributed by atoms with Crippen molar-refractivity contribution in [2.24, 2.45) is 0 Å². The van der Waals surface area contributed by atoms with Gasteiger partial charge in [0.05, 0.1) is 23.5 Å². The molecule has 0 aromatic heterocycles.